The molecule has 0 fully saturated rings. The van der Waals surface area contributed by atoms with Gasteiger partial charge in [-0.2, -0.15) is 0 Å². The van der Waals surface area contributed by atoms with Crippen LogP contribution in [-0.2, 0) is 16.6 Å². The largest absolute Gasteiger partial charge is 0.382 e. The van der Waals surface area contributed by atoms with Gasteiger partial charge >= 0.3 is 0 Å². The number of nitrogens with one attached hydrogen (secondary N) is 1. The molecular formula is C17H30N2O. The van der Waals surface area contributed by atoms with E-state index in [4.69, 9.17) is 10.6 Å². The molecule has 2 atom stereocenters. The smallest absolute Gasteiger partial charge is 0.0543 e. The summed E-state index contributed by atoms with van der Waals surface area (Å²) in [5.41, 5.74) is 5.82. The number of hydrogen-bond donors (Lipinski definition) is 2. The Labute approximate surface area is 123 Å². The van der Waals surface area contributed by atoms with Gasteiger partial charge in [0.1, 0.15) is 0 Å². The molecule has 2 unspecified atom stereocenters. The second-order valence-electron chi connectivity index (χ2n) is 6.64. The van der Waals surface area contributed by atoms with Crippen LogP contribution >= 0.6 is 0 Å². The van der Waals surface area contributed by atoms with Gasteiger partial charge in [-0.3, -0.25) is 11.3 Å². The summed E-state index contributed by atoms with van der Waals surface area (Å²) in [5.74, 6) is 5.66. The minimum atomic E-state index is 0.206. The van der Waals surface area contributed by atoms with Crippen molar-refractivity contribution >= 4 is 0 Å². The van der Waals surface area contributed by atoms with E-state index in [0.29, 0.717) is 6.04 Å². The second-order valence-corrected chi connectivity index (χ2v) is 6.64. The maximum absolute atomic E-state index is 5.66. The van der Waals surface area contributed by atoms with Crippen LogP contribution in [0, 0.1) is 0 Å². The van der Waals surface area contributed by atoms with E-state index in [0.717, 1.165) is 19.3 Å². The first-order chi connectivity index (χ1) is 9.36. The molecule has 0 aliphatic heterocycles. The summed E-state index contributed by atoms with van der Waals surface area (Å²) >= 11 is 0. The van der Waals surface area contributed by atoms with Crippen LogP contribution in [-0.4, -0.2) is 19.3 Å². The SMILES string of the molecule is COC(C)CCC(Cc1ccc(C(C)(C)C)cc1)NN. The van der Waals surface area contributed by atoms with Crippen molar-refractivity contribution in [1.29, 1.82) is 0 Å². The highest BCUT2D eigenvalue weighted by atomic mass is 16.5. The van der Waals surface area contributed by atoms with Gasteiger partial charge in [0.2, 0.25) is 0 Å². The Hall–Kier alpha value is -0.900. The van der Waals surface area contributed by atoms with Crippen LogP contribution in [0.2, 0.25) is 0 Å². The van der Waals surface area contributed by atoms with Crippen LogP contribution in [0.15, 0.2) is 24.3 Å². The van der Waals surface area contributed by atoms with E-state index in [9.17, 15) is 0 Å². The summed E-state index contributed by atoms with van der Waals surface area (Å²) in [7, 11) is 1.75. The average Bonchev–Trinajstić information content (AvgIpc) is 2.42. The van der Waals surface area contributed by atoms with Gasteiger partial charge in [0, 0.05) is 13.2 Å². The summed E-state index contributed by atoms with van der Waals surface area (Å²) < 4.78 is 5.28. The minimum absolute atomic E-state index is 0.206. The fourth-order valence-electron chi connectivity index (χ4n) is 2.22. The molecule has 0 amide bonds. The van der Waals surface area contributed by atoms with Crippen LogP contribution in [0.5, 0.6) is 0 Å². The van der Waals surface area contributed by atoms with Crippen LogP contribution in [0.25, 0.3) is 0 Å². The molecule has 0 aromatic heterocycles. The van der Waals surface area contributed by atoms with Crippen molar-refractivity contribution in [3.8, 4) is 0 Å². The van der Waals surface area contributed by atoms with E-state index in [1.807, 2.05) is 0 Å². The van der Waals surface area contributed by atoms with Crippen LogP contribution in [0.1, 0.15) is 51.7 Å². The summed E-state index contributed by atoms with van der Waals surface area (Å²) in [5, 5.41) is 0. The fourth-order valence-corrected chi connectivity index (χ4v) is 2.22. The molecule has 0 heterocycles. The van der Waals surface area contributed by atoms with E-state index in [1.54, 1.807) is 7.11 Å². The monoisotopic (exact) mass is 278 g/mol. The summed E-state index contributed by atoms with van der Waals surface area (Å²) in [6.45, 7) is 8.79. The number of ether oxygens (including phenoxy) is 1. The highest BCUT2D eigenvalue weighted by Crippen LogP contribution is 2.22. The lowest BCUT2D eigenvalue weighted by Crippen LogP contribution is -2.37. The van der Waals surface area contributed by atoms with Crippen molar-refractivity contribution in [3.63, 3.8) is 0 Å². The minimum Gasteiger partial charge on any atom is -0.382 e. The molecule has 3 heteroatoms. The lowest BCUT2D eigenvalue weighted by atomic mass is 9.86. The van der Waals surface area contributed by atoms with E-state index in [-0.39, 0.29) is 11.5 Å². The maximum Gasteiger partial charge on any atom is 0.0543 e. The van der Waals surface area contributed by atoms with Crippen molar-refractivity contribution in [3.05, 3.63) is 35.4 Å². The van der Waals surface area contributed by atoms with Crippen molar-refractivity contribution in [2.45, 2.75) is 64.5 Å². The van der Waals surface area contributed by atoms with Gasteiger partial charge in [-0.15, -0.1) is 0 Å². The number of hydrogen-bond acceptors (Lipinski definition) is 3. The number of nitrogens with two attached hydrogens (primary N) is 1. The predicted octanol–water partition coefficient (Wildman–Crippen LogP) is 3.17. The van der Waals surface area contributed by atoms with Gasteiger partial charge in [-0.05, 0) is 42.7 Å². The summed E-state index contributed by atoms with van der Waals surface area (Å²) in [6.07, 6.45) is 3.28. The number of methoxy groups -OCH3 is 1. The molecule has 0 spiro atoms. The molecule has 3 N–H and O–H groups in total. The third-order valence-electron chi connectivity index (χ3n) is 3.86. The first-order valence-corrected chi connectivity index (χ1v) is 7.45. The van der Waals surface area contributed by atoms with Crippen LogP contribution in [0.3, 0.4) is 0 Å². The molecule has 0 saturated carbocycles. The van der Waals surface area contributed by atoms with Crippen LogP contribution in [0.4, 0.5) is 0 Å². The molecule has 20 heavy (non-hydrogen) atoms. The lowest BCUT2D eigenvalue weighted by Gasteiger charge is -2.21. The predicted molar refractivity (Wildman–Crippen MR) is 85.7 cm³/mol. The second kappa shape index (κ2) is 7.77. The van der Waals surface area contributed by atoms with Crippen molar-refractivity contribution in [2.24, 2.45) is 5.84 Å². The molecule has 0 aliphatic rings. The normalized spacial score (nSPS) is 15.1. The lowest BCUT2D eigenvalue weighted by molar-refractivity contribution is 0.106. The van der Waals surface area contributed by atoms with E-state index in [2.05, 4.69) is 57.4 Å². The van der Waals surface area contributed by atoms with Gasteiger partial charge < -0.3 is 4.74 Å². The van der Waals surface area contributed by atoms with Crippen molar-refractivity contribution < 1.29 is 4.74 Å². The quantitative estimate of drug-likeness (QED) is 0.595. The molecule has 1 aromatic rings. The first kappa shape index (κ1) is 17.2. The molecule has 0 aliphatic carbocycles. The Morgan fingerprint density at radius 2 is 1.75 bits per heavy atom. The van der Waals surface area contributed by atoms with E-state index >= 15 is 0 Å². The zero-order valence-corrected chi connectivity index (χ0v) is 13.6. The number of benzene rings is 1. The van der Waals surface area contributed by atoms with E-state index < -0.39 is 0 Å². The zero-order chi connectivity index (χ0) is 15.2. The Kier molecular flexibility index (Phi) is 6.66. The summed E-state index contributed by atoms with van der Waals surface area (Å²) in [4.78, 5) is 0. The average molecular weight is 278 g/mol. The van der Waals surface area contributed by atoms with Crippen molar-refractivity contribution in [1.82, 2.24) is 5.43 Å². The molecule has 114 valence electrons. The standard InChI is InChI=1S/C17H30N2O/c1-13(20-5)6-11-16(19-18)12-14-7-9-15(10-8-14)17(2,3)4/h7-10,13,16,19H,6,11-12,18H2,1-5H3. The third kappa shape index (κ3) is 5.61. The first-order valence-electron chi connectivity index (χ1n) is 7.45. The maximum atomic E-state index is 5.66. The third-order valence-corrected chi connectivity index (χ3v) is 3.86. The molecule has 0 radical (unpaired) electrons. The number of hydrazine groups is 1. The molecule has 1 rings (SSSR count). The molecule has 0 bridgehead atoms. The molecular weight excluding hydrogens is 248 g/mol. The fraction of sp³-hybridized carbons (Fsp3) is 0.647. The highest BCUT2D eigenvalue weighted by molar-refractivity contribution is 5.27. The van der Waals surface area contributed by atoms with Crippen molar-refractivity contribution in [2.75, 3.05) is 7.11 Å². The Morgan fingerprint density at radius 1 is 1.15 bits per heavy atom. The van der Waals surface area contributed by atoms with Gasteiger partial charge in [-0.1, -0.05) is 45.0 Å². The van der Waals surface area contributed by atoms with Gasteiger partial charge in [0.25, 0.3) is 0 Å². The summed E-state index contributed by atoms with van der Waals surface area (Å²) in [6, 6.07) is 9.17. The van der Waals surface area contributed by atoms with Gasteiger partial charge in [0.15, 0.2) is 0 Å². The Bertz CT molecular complexity index is 381. The van der Waals surface area contributed by atoms with Crippen LogP contribution < -0.4 is 11.3 Å². The Balaban J connectivity index is 2.57. The molecule has 0 saturated heterocycles. The topological polar surface area (TPSA) is 47.3 Å². The van der Waals surface area contributed by atoms with Gasteiger partial charge in [0.05, 0.1) is 6.10 Å². The number of rotatable bonds is 7. The van der Waals surface area contributed by atoms with Gasteiger partial charge in [-0.25, -0.2) is 0 Å². The van der Waals surface area contributed by atoms with E-state index in [1.165, 1.54) is 11.1 Å². The Morgan fingerprint density at radius 3 is 2.20 bits per heavy atom. The highest BCUT2D eigenvalue weighted by Gasteiger charge is 2.14. The molecule has 1 aromatic carbocycles. The molecule has 3 nitrogen and oxygen atoms in total. The zero-order valence-electron chi connectivity index (χ0n) is 13.6.